The van der Waals surface area contributed by atoms with Crippen LogP contribution in [0.3, 0.4) is 0 Å². The van der Waals surface area contributed by atoms with Gasteiger partial charge < -0.3 is 10.0 Å². The Labute approximate surface area is 97.5 Å². The fourth-order valence-corrected chi connectivity index (χ4v) is 2.61. The number of carboxylic acids is 1. The van der Waals surface area contributed by atoms with E-state index in [0.29, 0.717) is 18.5 Å². The van der Waals surface area contributed by atoms with Crippen molar-refractivity contribution < 1.29 is 14.7 Å². The number of likely N-dealkylation sites (tertiary alicyclic amines) is 1. The van der Waals surface area contributed by atoms with Crippen LogP contribution in [0.2, 0.25) is 0 Å². The van der Waals surface area contributed by atoms with Gasteiger partial charge in [0.15, 0.2) is 0 Å². The number of nitrogens with zero attached hydrogens (tertiary/aromatic N) is 1. The second-order valence-corrected chi connectivity index (χ2v) is 4.64. The van der Waals surface area contributed by atoms with Crippen molar-refractivity contribution in [3.05, 3.63) is 22.4 Å². The van der Waals surface area contributed by atoms with Crippen molar-refractivity contribution in [2.24, 2.45) is 0 Å². The van der Waals surface area contributed by atoms with E-state index in [1.54, 1.807) is 11.4 Å². The van der Waals surface area contributed by atoms with Gasteiger partial charge in [-0.3, -0.25) is 4.79 Å². The molecule has 1 aliphatic heterocycles. The smallest absolute Gasteiger partial charge is 0.326 e. The van der Waals surface area contributed by atoms with Crippen LogP contribution in [0.25, 0.3) is 0 Å². The van der Waals surface area contributed by atoms with Gasteiger partial charge in [0.1, 0.15) is 6.04 Å². The Morgan fingerprint density at radius 3 is 2.88 bits per heavy atom. The summed E-state index contributed by atoms with van der Waals surface area (Å²) in [5, 5.41) is 12.6. The predicted octanol–water partition coefficient (Wildman–Crippen LogP) is 1.83. The van der Waals surface area contributed by atoms with Gasteiger partial charge in [-0.05, 0) is 30.7 Å². The molecule has 1 saturated heterocycles. The monoisotopic (exact) mass is 239 g/mol. The summed E-state index contributed by atoms with van der Waals surface area (Å²) >= 11 is 1.45. The van der Waals surface area contributed by atoms with Crippen molar-refractivity contribution >= 4 is 23.2 Å². The van der Waals surface area contributed by atoms with Gasteiger partial charge in [-0.1, -0.05) is 0 Å². The number of piperidine rings is 1. The maximum atomic E-state index is 12.0. The van der Waals surface area contributed by atoms with E-state index in [0.717, 1.165) is 12.8 Å². The molecule has 1 fully saturated rings. The second kappa shape index (κ2) is 4.65. The summed E-state index contributed by atoms with van der Waals surface area (Å²) in [6, 6.07) is 1.08. The van der Waals surface area contributed by atoms with Crippen LogP contribution in [-0.4, -0.2) is 34.5 Å². The lowest BCUT2D eigenvalue weighted by Crippen LogP contribution is -2.47. The molecule has 1 aliphatic rings. The van der Waals surface area contributed by atoms with E-state index in [2.05, 4.69) is 0 Å². The van der Waals surface area contributed by atoms with Crippen molar-refractivity contribution in [3.8, 4) is 0 Å². The molecular weight excluding hydrogens is 226 g/mol. The van der Waals surface area contributed by atoms with Gasteiger partial charge in [0.2, 0.25) is 0 Å². The third-order valence-corrected chi connectivity index (χ3v) is 3.50. The van der Waals surface area contributed by atoms with Gasteiger partial charge in [0.25, 0.3) is 5.91 Å². The molecule has 0 aromatic carbocycles. The first-order chi connectivity index (χ1) is 7.70. The SMILES string of the molecule is O=C(O)[C@@H]1CCCCN1C(=O)c1ccsc1. The molecule has 1 atom stereocenters. The zero-order valence-electron chi connectivity index (χ0n) is 8.76. The van der Waals surface area contributed by atoms with Gasteiger partial charge in [-0.15, -0.1) is 0 Å². The van der Waals surface area contributed by atoms with E-state index in [1.807, 2.05) is 5.38 Å². The molecule has 86 valence electrons. The minimum absolute atomic E-state index is 0.159. The largest absolute Gasteiger partial charge is 0.480 e. The van der Waals surface area contributed by atoms with Crippen LogP contribution in [0, 0.1) is 0 Å². The number of amides is 1. The predicted molar refractivity (Wildman–Crippen MR) is 60.6 cm³/mol. The summed E-state index contributed by atoms with van der Waals surface area (Å²) in [4.78, 5) is 24.6. The molecule has 1 amide bonds. The third kappa shape index (κ3) is 2.09. The summed E-state index contributed by atoms with van der Waals surface area (Å²) in [6.45, 7) is 0.547. The number of hydrogen-bond donors (Lipinski definition) is 1. The molecule has 0 aliphatic carbocycles. The van der Waals surface area contributed by atoms with Crippen LogP contribution < -0.4 is 0 Å². The van der Waals surface area contributed by atoms with Crippen molar-refractivity contribution in [3.63, 3.8) is 0 Å². The van der Waals surface area contributed by atoms with E-state index in [-0.39, 0.29) is 5.91 Å². The van der Waals surface area contributed by atoms with Crippen molar-refractivity contribution in [2.75, 3.05) is 6.54 Å². The minimum atomic E-state index is -0.900. The summed E-state index contributed by atoms with van der Waals surface area (Å²) < 4.78 is 0. The molecule has 0 radical (unpaired) electrons. The van der Waals surface area contributed by atoms with Crippen LogP contribution in [0.1, 0.15) is 29.6 Å². The molecule has 2 heterocycles. The zero-order chi connectivity index (χ0) is 11.5. The minimum Gasteiger partial charge on any atom is -0.480 e. The Kier molecular flexibility index (Phi) is 3.24. The highest BCUT2D eigenvalue weighted by Gasteiger charge is 2.32. The van der Waals surface area contributed by atoms with Crippen LogP contribution in [0.15, 0.2) is 16.8 Å². The van der Waals surface area contributed by atoms with E-state index < -0.39 is 12.0 Å². The van der Waals surface area contributed by atoms with Crippen molar-refractivity contribution in [1.29, 1.82) is 0 Å². The van der Waals surface area contributed by atoms with Crippen LogP contribution in [-0.2, 0) is 4.79 Å². The number of carbonyl (C=O) groups is 2. The lowest BCUT2D eigenvalue weighted by molar-refractivity contribution is -0.143. The van der Waals surface area contributed by atoms with Gasteiger partial charge in [0.05, 0.1) is 5.56 Å². The molecule has 4 nitrogen and oxygen atoms in total. The average Bonchev–Trinajstić information content (AvgIpc) is 2.81. The van der Waals surface area contributed by atoms with E-state index in [1.165, 1.54) is 16.2 Å². The maximum absolute atomic E-state index is 12.0. The molecule has 0 saturated carbocycles. The molecule has 2 rings (SSSR count). The molecule has 1 aromatic heterocycles. The first kappa shape index (κ1) is 11.1. The quantitative estimate of drug-likeness (QED) is 0.856. The Hall–Kier alpha value is -1.36. The molecule has 1 N–H and O–H groups in total. The second-order valence-electron chi connectivity index (χ2n) is 3.86. The van der Waals surface area contributed by atoms with Gasteiger partial charge in [0, 0.05) is 11.9 Å². The topological polar surface area (TPSA) is 57.6 Å². The first-order valence-electron chi connectivity index (χ1n) is 5.26. The number of carboxylic acid groups (broad SMARTS) is 1. The van der Waals surface area contributed by atoms with Crippen molar-refractivity contribution in [1.82, 2.24) is 4.90 Å². The fraction of sp³-hybridized carbons (Fsp3) is 0.455. The third-order valence-electron chi connectivity index (χ3n) is 2.82. The highest BCUT2D eigenvalue weighted by atomic mass is 32.1. The molecule has 0 bridgehead atoms. The Morgan fingerprint density at radius 1 is 1.44 bits per heavy atom. The lowest BCUT2D eigenvalue weighted by Gasteiger charge is -2.32. The highest BCUT2D eigenvalue weighted by molar-refractivity contribution is 7.08. The summed E-state index contributed by atoms with van der Waals surface area (Å²) in [5.41, 5.74) is 0.596. The molecule has 1 aromatic rings. The summed E-state index contributed by atoms with van der Waals surface area (Å²) in [7, 11) is 0. The number of hydrogen-bond acceptors (Lipinski definition) is 3. The molecular formula is C11H13NO3S. The number of thiophene rings is 1. The number of carbonyl (C=O) groups excluding carboxylic acids is 1. The molecule has 5 heteroatoms. The normalized spacial score (nSPS) is 20.8. The van der Waals surface area contributed by atoms with Gasteiger partial charge in [-0.2, -0.15) is 11.3 Å². The van der Waals surface area contributed by atoms with E-state index >= 15 is 0 Å². The van der Waals surface area contributed by atoms with Crippen LogP contribution in [0.5, 0.6) is 0 Å². The standard InChI is InChI=1S/C11H13NO3S/c13-10(8-4-6-16-7-8)12-5-2-1-3-9(12)11(14)15/h4,6-7,9H,1-3,5H2,(H,14,15)/t9-/m0/s1. The molecule has 0 spiro atoms. The highest BCUT2D eigenvalue weighted by Crippen LogP contribution is 2.20. The van der Waals surface area contributed by atoms with E-state index in [4.69, 9.17) is 5.11 Å². The summed E-state index contributed by atoms with van der Waals surface area (Å²) in [5.74, 6) is -1.06. The zero-order valence-corrected chi connectivity index (χ0v) is 9.57. The maximum Gasteiger partial charge on any atom is 0.326 e. The van der Waals surface area contributed by atoms with Crippen molar-refractivity contribution in [2.45, 2.75) is 25.3 Å². The Morgan fingerprint density at radius 2 is 2.25 bits per heavy atom. The number of rotatable bonds is 2. The average molecular weight is 239 g/mol. The lowest BCUT2D eigenvalue weighted by atomic mass is 10.0. The molecule has 16 heavy (non-hydrogen) atoms. The summed E-state index contributed by atoms with van der Waals surface area (Å²) in [6.07, 6.45) is 2.33. The van der Waals surface area contributed by atoms with E-state index in [9.17, 15) is 9.59 Å². The van der Waals surface area contributed by atoms with Gasteiger partial charge >= 0.3 is 5.97 Å². The Balaban J connectivity index is 2.17. The van der Waals surface area contributed by atoms with Crippen LogP contribution in [0.4, 0.5) is 0 Å². The molecule has 0 unspecified atom stereocenters. The number of aliphatic carboxylic acids is 1. The fourth-order valence-electron chi connectivity index (χ4n) is 1.98. The van der Waals surface area contributed by atoms with Gasteiger partial charge in [-0.25, -0.2) is 4.79 Å². The first-order valence-corrected chi connectivity index (χ1v) is 6.20. The Bertz CT molecular complexity index is 388. The van der Waals surface area contributed by atoms with Crippen LogP contribution >= 0.6 is 11.3 Å².